The van der Waals surface area contributed by atoms with Crippen molar-refractivity contribution < 1.29 is 28.9 Å². The van der Waals surface area contributed by atoms with Crippen LogP contribution >= 0.6 is 0 Å². The fraction of sp³-hybridized carbons (Fsp3) is 0.357. The van der Waals surface area contributed by atoms with Crippen LogP contribution in [0.2, 0.25) is 0 Å². The molecule has 1 heterocycles. The Labute approximate surface area is 212 Å². The number of benzene rings is 2. The SMILES string of the molecule is C=CCOc1ccc(/C(O)=C2\C(=O)C(=O)N(CCN(CC)CC)[C@H]2c2ccc(OC)c(OC)c2)cc1. The van der Waals surface area contributed by atoms with E-state index < -0.39 is 17.7 Å². The van der Waals surface area contributed by atoms with Crippen molar-refractivity contribution >= 4 is 17.4 Å². The van der Waals surface area contributed by atoms with Crippen molar-refractivity contribution in [2.24, 2.45) is 0 Å². The van der Waals surface area contributed by atoms with E-state index in [0.29, 0.717) is 48.1 Å². The minimum atomic E-state index is -0.780. The lowest BCUT2D eigenvalue weighted by Crippen LogP contribution is -2.38. The number of aliphatic hydroxyl groups is 1. The molecule has 8 heteroatoms. The van der Waals surface area contributed by atoms with Gasteiger partial charge in [0, 0.05) is 18.7 Å². The minimum absolute atomic E-state index is 0.0338. The Bertz CT molecular complexity index is 1120. The average molecular weight is 495 g/mol. The van der Waals surface area contributed by atoms with Crippen LogP contribution in [0, 0.1) is 0 Å². The molecule has 0 bridgehead atoms. The fourth-order valence-corrected chi connectivity index (χ4v) is 4.29. The van der Waals surface area contributed by atoms with Gasteiger partial charge in [-0.25, -0.2) is 0 Å². The Hall–Kier alpha value is -3.78. The van der Waals surface area contributed by atoms with Crippen molar-refractivity contribution in [2.75, 3.05) is 47.0 Å². The molecule has 0 spiro atoms. The van der Waals surface area contributed by atoms with E-state index in [1.54, 1.807) is 48.5 Å². The van der Waals surface area contributed by atoms with Gasteiger partial charge >= 0.3 is 0 Å². The van der Waals surface area contributed by atoms with Crippen molar-refractivity contribution in [1.29, 1.82) is 0 Å². The monoisotopic (exact) mass is 494 g/mol. The summed E-state index contributed by atoms with van der Waals surface area (Å²) < 4.78 is 16.3. The molecule has 1 aliphatic heterocycles. The summed E-state index contributed by atoms with van der Waals surface area (Å²) in [7, 11) is 3.06. The number of hydrogen-bond acceptors (Lipinski definition) is 7. The highest BCUT2D eigenvalue weighted by molar-refractivity contribution is 6.46. The Balaban J connectivity index is 2.10. The maximum Gasteiger partial charge on any atom is 0.295 e. The van der Waals surface area contributed by atoms with E-state index >= 15 is 0 Å². The van der Waals surface area contributed by atoms with Crippen molar-refractivity contribution in [1.82, 2.24) is 9.80 Å². The number of nitrogens with zero attached hydrogens (tertiary/aromatic N) is 2. The molecule has 0 aromatic heterocycles. The molecule has 2 aromatic rings. The lowest BCUT2D eigenvalue weighted by Gasteiger charge is -2.28. The minimum Gasteiger partial charge on any atom is -0.507 e. The highest BCUT2D eigenvalue weighted by Gasteiger charge is 2.46. The molecule has 3 rings (SSSR count). The Morgan fingerprint density at radius 3 is 2.31 bits per heavy atom. The first-order chi connectivity index (χ1) is 17.4. The molecule has 1 aliphatic rings. The summed E-state index contributed by atoms with van der Waals surface area (Å²) in [6.07, 6.45) is 1.64. The molecule has 36 heavy (non-hydrogen) atoms. The number of aliphatic hydroxyl groups excluding tert-OH is 1. The maximum absolute atomic E-state index is 13.3. The van der Waals surface area contributed by atoms with E-state index in [0.717, 1.165) is 13.1 Å². The number of likely N-dealkylation sites (N-methyl/N-ethyl adjacent to an activating group) is 1. The third-order valence-electron chi connectivity index (χ3n) is 6.31. The molecule has 1 saturated heterocycles. The Morgan fingerprint density at radius 2 is 1.72 bits per heavy atom. The highest BCUT2D eigenvalue weighted by atomic mass is 16.5. The van der Waals surface area contributed by atoms with Crippen LogP contribution in [-0.4, -0.2) is 73.6 Å². The lowest BCUT2D eigenvalue weighted by atomic mass is 9.95. The normalized spacial score (nSPS) is 16.9. The average Bonchev–Trinajstić information content (AvgIpc) is 3.16. The number of ketones is 1. The van der Waals surface area contributed by atoms with Crippen LogP contribution in [0.4, 0.5) is 0 Å². The quantitative estimate of drug-likeness (QED) is 0.206. The summed E-state index contributed by atoms with van der Waals surface area (Å²) in [5.74, 6) is -0.0194. The summed E-state index contributed by atoms with van der Waals surface area (Å²) in [5.41, 5.74) is 1.08. The van der Waals surface area contributed by atoms with E-state index in [1.807, 2.05) is 13.8 Å². The number of methoxy groups -OCH3 is 2. The zero-order valence-corrected chi connectivity index (χ0v) is 21.3. The van der Waals surface area contributed by atoms with Gasteiger partial charge in [0.1, 0.15) is 18.1 Å². The first-order valence-electron chi connectivity index (χ1n) is 12.0. The van der Waals surface area contributed by atoms with Crippen LogP contribution in [0.3, 0.4) is 0 Å². The third-order valence-corrected chi connectivity index (χ3v) is 6.31. The van der Waals surface area contributed by atoms with Crippen LogP contribution in [0.5, 0.6) is 17.2 Å². The fourth-order valence-electron chi connectivity index (χ4n) is 4.29. The highest BCUT2D eigenvalue weighted by Crippen LogP contribution is 2.42. The molecule has 2 aromatic carbocycles. The zero-order valence-electron chi connectivity index (χ0n) is 21.3. The number of carbonyl (C=O) groups excluding carboxylic acids is 2. The van der Waals surface area contributed by atoms with Gasteiger partial charge in [-0.15, -0.1) is 0 Å². The van der Waals surface area contributed by atoms with Gasteiger partial charge in [0.05, 0.1) is 25.8 Å². The van der Waals surface area contributed by atoms with Gasteiger partial charge < -0.3 is 29.1 Å². The largest absolute Gasteiger partial charge is 0.507 e. The van der Waals surface area contributed by atoms with E-state index in [2.05, 4.69) is 11.5 Å². The second-order valence-electron chi connectivity index (χ2n) is 8.26. The predicted octanol–water partition coefficient (Wildman–Crippen LogP) is 4.03. The van der Waals surface area contributed by atoms with E-state index in [9.17, 15) is 14.7 Å². The Kier molecular flexibility index (Phi) is 9.13. The summed E-state index contributed by atoms with van der Waals surface area (Å²) in [4.78, 5) is 30.2. The first kappa shape index (κ1) is 26.8. The van der Waals surface area contributed by atoms with Gasteiger partial charge in [0.2, 0.25) is 0 Å². The molecule has 192 valence electrons. The number of carbonyl (C=O) groups is 2. The number of ether oxygens (including phenoxy) is 3. The number of amides is 1. The van der Waals surface area contributed by atoms with Crippen LogP contribution in [-0.2, 0) is 9.59 Å². The molecule has 8 nitrogen and oxygen atoms in total. The van der Waals surface area contributed by atoms with Gasteiger partial charge in [0.25, 0.3) is 11.7 Å². The molecule has 0 unspecified atom stereocenters. The number of hydrogen-bond donors (Lipinski definition) is 1. The van der Waals surface area contributed by atoms with Gasteiger partial charge in [0.15, 0.2) is 11.5 Å². The number of Topliss-reactive ketones (excluding diaryl/α,β-unsaturated/α-hetero) is 1. The van der Waals surface area contributed by atoms with Crippen LogP contribution in [0.15, 0.2) is 60.7 Å². The molecule has 1 atom stereocenters. The number of rotatable bonds is 12. The van der Waals surface area contributed by atoms with Crippen LogP contribution in [0.1, 0.15) is 31.0 Å². The van der Waals surface area contributed by atoms with Crippen molar-refractivity contribution in [3.05, 3.63) is 71.8 Å². The molecule has 0 saturated carbocycles. The first-order valence-corrected chi connectivity index (χ1v) is 12.0. The molecule has 0 radical (unpaired) electrons. The van der Waals surface area contributed by atoms with Crippen molar-refractivity contribution in [3.63, 3.8) is 0 Å². The van der Waals surface area contributed by atoms with E-state index in [4.69, 9.17) is 14.2 Å². The maximum atomic E-state index is 13.3. The summed E-state index contributed by atoms with van der Waals surface area (Å²) in [6.45, 7) is 10.6. The molecule has 1 fully saturated rings. The predicted molar refractivity (Wildman–Crippen MR) is 138 cm³/mol. The van der Waals surface area contributed by atoms with Gasteiger partial charge in [-0.2, -0.15) is 0 Å². The third kappa shape index (κ3) is 5.54. The van der Waals surface area contributed by atoms with Gasteiger partial charge in [-0.3, -0.25) is 9.59 Å². The summed E-state index contributed by atoms with van der Waals surface area (Å²) >= 11 is 0. The molecule has 1 amide bonds. The smallest absolute Gasteiger partial charge is 0.295 e. The standard InChI is InChI=1S/C28H34N2O6/c1-6-17-36-21-12-9-19(10-13-21)26(31)24-25(20-11-14-22(34-4)23(18-20)35-5)30(28(33)27(24)32)16-15-29(7-2)8-3/h6,9-14,18,25,31H,1,7-8,15-17H2,2-5H3/b26-24+/t25-/m0/s1. The summed E-state index contributed by atoms with van der Waals surface area (Å²) in [6, 6.07) is 11.2. The van der Waals surface area contributed by atoms with Crippen molar-refractivity contribution in [2.45, 2.75) is 19.9 Å². The van der Waals surface area contributed by atoms with E-state index in [1.165, 1.54) is 19.1 Å². The van der Waals surface area contributed by atoms with Gasteiger partial charge in [-0.05, 0) is 55.1 Å². The van der Waals surface area contributed by atoms with Gasteiger partial charge in [-0.1, -0.05) is 32.6 Å². The van der Waals surface area contributed by atoms with Crippen LogP contribution in [0.25, 0.3) is 5.76 Å². The zero-order chi connectivity index (χ0) is 26.2. The second-order valence-corrected chi connectivity index (χ2v) is 8.26. The second kappa shape index (κ2) is 12.3. The molecule has 1 N–H and O–H groups in total. The van der Waals surface area contributed by atoms with Crippen molar-refractivity contribution in [3.8, 4) is 17.2 Å². The van der Waals surface area contributed by atoms with E-state index in [-0.39, 0.29) is 11.3 Å². The topological polar surface area (TPSA) is 88.5 Å². The van der Waals surface area contributed by atoms with Crippen LogP contribution < -0.4 is 14.2 Å². The Morgan fingerprint density at radius 1 is 1.06 bits per heavy atom. The molecule has 0 aliphatic carbocycles. The number of likely N-dealkylation sites (tertiary alicyclic amines) is 1. The summed E-state index contributed by atoms with van der Waals surface area (Å²) in [5, 5.41) is 11.3. The molecular formula is C28H34N2O6. The lowest BCUT2D eigenvalue weighted by molar-refractivity contribution is -0.140. The molecular weight excluding hydrogens is 460 g/mol.